The average Bonchev–Trinajstić information content (AvgIpc) is 2.97. The molecule has 5 heteroatoms. The Morgan fingerprint density at radius 1 is 1.30 bits per heavy atom. The highest BCUT2D eigenvalue weighted by molar-refractivity contribution is 5.93. The number of aromatic nitrogens is 2. The van der Waals surface area contributed by atoms with Gasteiger partial charge in [0.25, 0.3) is 5.91 Å². The molecular formula is C15H26N4O. The summed E-state index contributed by atoms with van der Waals surface area (Å²) in [5, 5.41) is 7.37. The third-order valence-electron chi connectivity index (χ3n) is 4.08. The molecule has 1 aliphatic rings. The molecule has 1 saturated heterocycles. The van der Waals surface area contributed by atoms with Crippen LogP contribution in [-0.4, -0.2) is 45.8 Å². The molecule has 2 unspecified atom stereocenters. The first-order valence-electron chi connectivity index (χ1n) is 7.47. The van der Waals surface area contributed by atoms with Gasteiger partial charge in [0.1, 0.15) is 0 Å². The van der Waals surface area contributed by atoms with Crippen molar-refractivity contribution in [1.29, 1.82) is 0 Å². The van der Waals surface area contributed by atoms with Gasteiger partial charge in [-0.05, 0) is 33.6 Å². The summed E-state index contributed by atoms with van der Waals surface area (Å²) in [6, 6.07) is 1.04. The van der Waals surface area contributed by atoms with E-state index in [1.54, 1.807) is 6.20 Å². The monoisotopic (exact) mass is 278 g/mol. The summed E-state index contributed by atoms with van der Waals surface area (Å²) in [5.41, 5.74) is 0.647. The van der Waals surface area contributed by atoms with Crippen LogP contribution in [0.2, 0.25) is 0 Å². The molecule has 2 heterocycles. The Balaban J connectivity index is 1.97. The van der Waals surface area contributed by atoms with Gasteiger partial charge in [-0.15, -0.1) is 0 Å². The summed E-state index contributed by atoms with van der Waals surface area (Å²) in [6.45, 7) is 12.7. The topological polar surface area (TPSA) is 50.2 Å². The fourth-order valence-corrected chi connectivity index (χ4v) is 2.60. The standard InChI is InChI=1S/C15H26N4O/c1-10(2)18-7-12(5)14(9-18)17-15(20)13-6-16-19(8-13)11(3)4/h6,8,10-12,14H,7,9H2,1-5H3,(H,17,20). The maximum absolute atomic E-state index is 12.3. The van der Waals surface area contributed by atoms with Crippen molar-refractivity contribution in [1.82, 2.24) is 20.0 Å². The predicted octanol–water partition coefficient (Wildman–Crippen LogP) is 1.92. The van der Waals surface area contributed by atoms with Gasteiger partial charge in [-0.25, -0.2) is 0 Å². The SMILES string of the molecule is CC1CN(C(C)C)CC1NC(=O)c1cnn(C(C)C)c1. The van der Waals surface area contributed by atoms with Gasteiger partial charge in [0.15, 0.2) is 0 Å². The minimum Gasteiger partial charge on any atom is -0.348 e. The lowest BCUT2D eigenvalue weighted by molar-refractivity contribution is 0.0930. The third-order valence-corrected chi connectivity index (χ3v) is 4.08. The predicted molar refractivity (Wildman–Crippen MR) is 79.7 cm³/mol. The molecule has 0 spiro atoms. The van der Waals surface area contributed by atoms with Crippen molar-refractivity contribution in [3.8, 4) is 0 Å². The Kier molecular flexibility index (Phi) is 4.48. The largest absolute Gasteiger partial charge is 0.348 e. The van der Waals surface area contributed by atoms with Crippen LogP contribution in [0, 0.1) is 5.92 Å². The van der Waals surface area contributed by atoms with Gasteiger partial charge >= 0.3 is 0 Å². The first-order valence-corrected chi connectivity index (χ1v) is 7.47. The van der Waals surface area contributed by atoms with Crippen molar-refractivity contribution < 1.29 is 4.79 Å². The van der Waals surface area contributed by atoms with Crippen LogP contribution < -0.4 is 5.32 Å². The van der Waals surface area contributed by atoms with Crippen LogP contribution in [-0.2, 0) is 0 Å². The second-order valence-corrected chi connectivity index (χ2v) is 6.41. The molecule has 1 aliphatic heterocycles. The zero-order valence-corrected chi connectivity index (χ0v) is 13.1. The highest BCUT2D eigenvalue weighted by Crippen LogP contribution is 2.19. The summed E-state index contributed by atoms with van der Waals surface area (Å²) in [7, 11) is 0. The molecule has 1 N–H and O–H groups in total. The van der Waals surface area contributed by atoms with Gasteiger partial charge in [0, 0.05) is 37.4 Å². The number of nitrogens with one attached hydrogen (secondary N) is 1. The van der Waals surface area contributed by atoms with Gasteiger partial charge in [0.05, 0.1) is 11.8 Å². The lowest BCUT2D eigenvalue weighted by atomic mass is 10.1. The molecule has 1 aromatic heterocycles. The molecule has 0 aliphatic carbocycles. The van der Waals surface area contributed by atoms with Gasteiger partial charge in [-0.2, -0.15) is 5.10 Å². The van der Waals surface area contributed by atoms with Gasteiger partial charge in [-0.1, -0.05) is 6.92 Å². The molecule has 1 fully saturated rings. The Labute approximate surface area is 121 Å². The van der Waals surface area contributed by atoms with Crippen molar-refractivity contribution in [3.05, 3.63) is 18.0 Å². The van der Waals surface area contributed by atoms with Crippen molar-refractivity contribution in [2.45, 2.75) is 52.7 Å². The van der Waals surface area contributed by atoms with Gasteiger partial charge in [0.2, 0.25) is 0 Å². The molecule has 0 saturated carbocycles. The van der Waals surface area contributed by atoms with E-state index in [-0.39, 0.29) is 18.0 Å². The fraction of sp³-hybridized carbons (Fsp3) is 0.733. The normalized spacial score (nSPS) is 23.8. The number of nitrogens with zero attached hydrogens (tertiary/aromatic N) is 3. The van der Waals surface area contributed by atoms with E-state index in [9.17, 15) is 4.79 Å². The number of carbonyl (C=O) groups is 1. The minimum absolute atomic E-state index is 0.0145. The molecule has 5 nitrogen and oxygen atoms in total. The van der Waals surface area contributed by atoms with E-state index >= 15 is 0 Å². The van der Waals surface area contributed by atoms with Gasteiger partial charge in [-0.3, -0.25) is 14.4 Å². The molecule has 2 atom stereocenters. The van der Waals surface area contributed by atoms with Crippen LogP contribution in [0.25, 0.3) is 0 Å². The van der Waals surface area contributed by atoms with Crippen LogP contribution in [0.5, 0.6) is 0 Å². The zero-order valence-electron chi connectivity index (χ0n) is 13.1. The van der Waals surface area contributed by atoms with Crippen molar-refractivity contribution in [2.24, 2.45) is 5.92 Å². The maximum atomic E-state index is 12.3. The van der Waals surface area contributed by atoms with E-state index in [0.717, 1.165) is 13.1 Å². The molecule has 0 radical (unpaired) electrons. The molecule has 2 rings (SSSR count). The molecule has 1 amide bonds. The average molecular weight is 278 g/mol. The summed E-state index contributed by atoms with van der Waals surface area (Å²) in [4.78, 5) is 14.7. The first kappa shape index (κ1) is 15.0. The Morgan fingerprint density at radius 2 is 2.00 bits per heavy atom. The van der Waals surface area contributed by atoms with Crippen LogP contribution in [0.1, 0.15) is 51.0 Å². The fourth-order valence-electron chi connectivity index (χ4n) is 2.60. The Hall–Kier alpha value is -1.36. The number of likely N-dealkylation sites (tertiary alicyclic amines) is 1. The number of carbonyl (C=O) groups excluding carboxylic acids is 1. The quantitative estimate of drug-likeness (QED) is 0.915. The molecule has 0 aromatic carbocycles. The van der Waals surface area contributed by atoms with E-state index in [1.165, 1.54) is 0 Å². The second kappa shape index (κ2) is 5.95. The number of hydrogen-bond donors (Lipinski definition) is 1. The highest BCUT2D eigenvalue weighted by Gasteiger charge is 2.32. The third kappa shape index (κ3) is 3.20. The summed E-state index contributed by atoms with van der Waals surface area (Å²) >= 11 is 0. The molecule has 20 heavy (non-hydrogen) atoms. The summed E-state index contributed by atoms with van der Waals surface area (Å²) < 4.78 is 1.81. The molecule has 112 valence electrons. The van der Waals surface area contributed by atoms with Gasteiger partial charge < -0.3 is 5.32 Å². The molecular weight excluding hydrogens is 252 g/mol. The van der Waals surface area contributed by atoms with E-state index in [0.29, 0.717) is 17.5 Å². The van der Waals surface area contributed by atoms with Crippen LogP contribution in [0.15, 0.2) is 12.4 Å². The van der Waals surface area contributed by atoms with Crippen LogP contribution in [0.4, 0.5) is 0 Å². The number of rotatable bonds is 4. The van der Waals surface area contributed by atoms with Crippen molar-refractivity contribution >= 4 is 5.91 Å². The Bertz CT molecular complexity index is 466. The summed E-state index contributed by atoms with van der Waals surface area (Å²) in [6.07, 6.45) is 3.47. The van der Waals surface area contributed by atoms with E-state index in [1.807, 2.05) is 24.7 Å². The second-order valence-electron chi connectivity index (χ2n) is 6.41. The van der Waals surface area contributed by atoms with Crippen molar-refractivity contribution in [2.75, 3.05) is 13.1 Å². The minimum atomic E-state index is -0.0145. The zero-order chi connectivity index (χ0) is 14.9. The Morgan fingerprint density at radius 3 is 2.50 bits per heavy atom. The molecule has 1 aromatic rings. The highest BCUT2D eigenvalue weighted by atomic mass is 16.1. The van der Waals surface area contributed by atoms with E-state index < -0.39 is 0 Å². The lowest BCUT2D eigenvalue weighted by Crippen LogP contribution is -2.40. The number of hydrogen-bond acceptors (Lipinski definition) is 3. The van der Waals surface area contributed by atoms with Crippen LogP contribution >= 0.6 is 0 Å². The first-order chi connectivity index (χ1) is 9.38. The van der Waals surface area contributed by atoms with E-state index in [2.05, 4.69) is 36.1 Å². The summed E-state index contributed by atoms with van der Waals surface area (Å²) in [5.74, 6) is 0.473. The van der Waals surface area contributed by atoms with E-state index in [4.69, 9.17) is 0 Å². The number of amides is 1. The maximum Gasteiger partial charge on any atom is 0.254 e. The molecule has 0 bridgehead atoms. The van der Waals surface area contributed by atoms with Crippen LogP contribution in [0.3, 0.4) is 0 Å². The smallest absolute Gasteiger partial charge is 0.254 e. The van der Waals surface area contributed by atoms with Crippen molar-refractivity contribution in [3.63, 3.8) is 0 Å². The lowest BCUT2D eigenvalue weighted by Gasteiger charge is -2.20.